The number of hydrogen-bond acceptors (Lipinski definition) is 9. The zero-order chi connectivity index (χ0) is 31.4. The molecule has 1 aliphatic heterocycles. The Morgan fingerprint density at radius 1 is 1.05 bits per heavy atom. The van der Waals surface area contributed by atoms with E-state index in [0.29, 0.717) is 42.3 Å². The molecule has 0 spiro atoms. The second-order valence-electron chi connectivity index (χ2n) is 10.2. The minimum absolute atomic E-state index is 0.00577. The Labute approximate surface area is 249 Å². The highest BCUT2D eigenvalue weighted by atomic mass is 16.5. The van der Waals surface area contributed by atoms with Crippen LogP contribution in [0.4, 0.5) is 5.69 Å². The van der Waals surface area contributed by atoms with Crippen molar-refractivity contribution in [1.82, 2.24) is 19.9 Å². The number of hydrogen-bond donors (Lipinski definition) is 5. The molecule has 0 bridgehead atoms. The van der Waals surface area contributed by atoms with Crippen LogP contribution in [0.1, 0.15) is 29.2 Å². The molecule has 43 heavy (non-hydrogen) atoms. The van der Waals surface area contributed by atoms with Crippen molar-refractivity contribution in [2.75, 3.05) is 20.3 Å². The van der Waals surface area contributed by atoms with Gasteiger partial charge in [-0.05, 0) is 62.9 Å². The van der Waals surface area contributed by atoms with Crippen LogP contribution in [0.5, 0.6) is 11.5 Å². The molecule has 228 valence electrons. The van der Waals surface area contributed by atoms with E-state index in [-0.39, 0.29) is 24.5 Å². The first-order valence-corrected chi connectivity index (χ1v) is 13.9. The number of hydrazine groups is 1. The number of carbonyl (C=O) groups is 2. The van der Waals surface area contributed by atoms with Gasteiger partial charge in [0.1, 0.15) is 16.9 Å². The average Bonchev–Trinajstić information content (AvgIpc) is 2.96. The van der Waals surface area contributed by atoms with Crippen LogP contribution >= 0.6 is 0 Å². The van der Waals surface area contributed by atoms with Crippen molar-refractivity contribution < 1.29 is 19.1 Å². The van der Waals surface area contributed by atoms with Crippen molar-refractivity contribution in [3.05, 3.63) is 80.0 Å². The van der Waals surface area contributed by atoms with Gasteiger partial charge in [-0.15, -0.1) is 0 Å². The maximum Gasteiger partial charge on any atom is 0.330 e. The molecule has 1 aliphatic rings. The van der Waals surface area contributed by atoms with E-state index in [2.05, 4.69) is 10.7 Å². The van der Waals surface area contributed by atoms with Gasteiger partial charge in [0.05, 0.1) is 25.1 Å². The van der Waals surface area contributed by atoms with Crippen molar-refractivity contribution >= 4 is 17.5 Å². The monoisotopic (exact) mass is 590 g/mol. The lowest BCUT2D eigenvalue weighted by molar-refractivity contribution is -0.119. The normalized spacial score (nSPS) is 13.0. The fourth-order valence-electron chi connectivity index (χ4n) is 5.30. The van der Waals surface area contributed by atoms with E-state index in [9.17, 15) is 14.4 Å². The van der Waals surface area contributed by atoms with E-state index in [4.69, 9.17) is 31.8 Å². The largest absolute Gasteiger partial charge is 0.493 e. The van der Waals surface area contributed by atoms with Gasteiger partial charge in [-0.25, -0.2) is 9.79 Å². The Morgan fingerprint density at radius 2 is 1.74 bits per heavy atom. The third kappa shape index (κ3) is 6.26. The Hall–Kier alpha value is -5.04. The molecule has 4 rings (SSSR count). The van der Waals surface area contributed by atoms with E-state index < -0.39 is 17.5 Å². The minimum atomic E-state index is -0.999. The third-order valence-corrected chi connectivity index (χ3v) is 7.25. The molecule has 2 amide bonds. The smallest absolute Gasteiger partial charge is 0.330 e. The second-order valence-corrected chi connectivity index (χ2v) is 10.2. The van der Waals surface area contributed by atoms with Crippen LogP contribution in [0, 0.1) is 20.8 Å². The van der Waals surface area contributed by atoms with Crippen molar-refractivity contribution in [3.8, 4) is 22.8 Å². The van der Waals surface area contributed by atoms with E-state index in [1.54, 1.807) is 11.7 Å². The zero-order valence-electron chi connectivity index (χ0n) is 25.0. The summed E-state index contributed by atoms with van der Waals surface area (Å²) in [6, 6.07) is 9.79. The molecule has 0 saturated carbocycles. The number of fused-ring (bicyclic) bond motifs is 3. The molecule has 8 N–H and O–H groups in total. The van der Waals surface area contributed by atoms with Crippen molar-refractivity contribution in [3.63, 3.8) is 0 Å². The summed E-state index contributed by atoms with van der Waals surface area (Å²) in [7, 11) is 1.58. The van der Waals surface area contributed by atoms with E-state index >= 15 is 0 Å². The van der Waals surface area contributed by atoms with Gasteiger partial charge in [-0.3, -0.25) is 24.6 Å². The standard InChI is InChI=1S/C30H38N8O5/c1-6-43-23-13-19-7-9-37-21(20(19)14-22(23)42-5)15-24(35-26-17(3)11-16(2)12-18(26)4)38(30(37)41)10-8-34-29(40)27(36-33)25(31)28(32)39/h11-15,36H,6-10,31,33H2,1-5H3,(H2,32,39)(H,34,40)/b27-25-,35-24+. The maximum atomic E-state index is 14.0. The fraction of sp³-hybridized carbons (Fsp3) is 0.333. The summed E-state index contributed by atoms with van der Waals surface area (Å²) in [4.78, 5) is 43.1. The molecule has 1 aromatic heterocycles. The van der Waals surface area contributed by atoms with Gasteiger partial charge in [0.15, 0.2) is 11.5 Å². The van der Waals surface area contributed by atoms with E-state index in [1.165, 1.54) is 4.57 Å². The molecule has 0 unspecified atom stereocenters. The van der Waals surface area contributed by atoms with Crippen LogP contribution in [-0.2, 0) is 29.1 Å². The van der Waals surface area contributed by atoms with Crippen LogP contribution in [0.15, 0.2) is 51.5 Å². The highest BCUT2D eigenvalue weighted by molar-refractivity contribution is 6.03. The van der Waals surface area contributed by atoms with E-state index in [0.717, 1.165) is 33.5 Å². The maximum absolute atomic E-state index is 14.0. The number of amides is 2. The van der Waals surface area contributed by atoms with Crippen molar-refractivity contribution in [2.45, 2.75) is 47.2 Å². The number of methoxy groups -OCH3 is 1. The lowest BCUT2D eigenvalue weighted by Crippen LogP contribution is -2.45. The van der Waals surface area contributed by atoms with Crippen LogP contribution in [-0.4, -0.2) is 41.2 Å². The number of nitrogens with one attached hydrogen (secondary N) is 2. The van der Waals surface area contributed by atoms with Gasteiger partial charge in [-0.1, -0.05) is 17.7 Å². The second kappa shape index (κ2) is 12.9. The van der Waals surface area contributed by atoms with Crippen molar-refractivity contribution in [1.29, 1.82) is 0 Å². The number of benzene rings is 2. The summed E-state index contributed by atoms with van der Waals surface area (Å²) < 4.78 is 14.6. The lowest BCUT2D eigenvalue weighted by atomic mass is 9.97. The summed E-state index contributed by atoms with van der Waals surface area (Å²) in [5, 5.41) is 2.63. The molecule has 2 aromatic carbocycles. The molecular formula is C30H38N8O5. The number of carbonyl (C=O) groups excluding carboxylic acids is 2. The fourth-order valence-corrected chi connectivity index (χ4v) is 5.30. The van der Waals surface area contributed by atoms with E-state index in [1.807, 2.05) is 58.0 Å². The Balaban J connectivity index is 1.86. The SMILES string of the molecule is CCOc1cc2c(cc1OC)-c1c/c(=N\c3c(C)cc(C)cc3C)n(CCNC(=O)/C(NN)=C(/N)C(N)=O)c(=O)n1CC2. The van der Waals surface area contributed by atoms with Gasteiger partial charge >= 0.3 is 5.69 Å². The first-order valence-electron chi connectivity index (χ1n) is 13.9. The molecule has 3 aromatic rings. The molecular weight excluding hydrogens is 552 g/mol. The summed E-state index contributed by atoms with van der Waals surface area (Å²) >= 11 is 0. The summed E-state index contributed by atoms with van der Waals surface area (Å²) in [5.41, 5.74) is 18.5. The van der Waals surface area contributed by atoms with Gasteiger partial charge in [-0.2, -0.15) is 0 Å². The molecule has 0 atom stereocenters. The number of rotatable bonds is 10. The van der Waals surface area contributed by atoms with Gasteiger partial charge in [0.25, 0.3) is 11.8 Å². The van der Waals surface area contributed by atoms with Crippen LogP contribution in [0.3, 0.4) is 0 Å². The third-order valence-electron chi connectivity index (χ3n) is 7.25. The number of nitrogens with zero attached hydrogens (tertiary/aromatic N) is 3. The van der Waals surface area contributed by atoms with Crippen LogP contribution in [0.25, 0.3) is 11.3 Å². The summed E-state index contributed by atoms with van der Waals surface area (Å²) in [6.07, 6.45) is 0.610. The van der Waals surface area contributed by atoms with Gasteiger partial charge < -0.3 is 31.7 Å². The molecule has 0 radical (unpaired) electrons. The first-order chi connectivity index (χ1) is 20.5. The zero-order valence-corrected chi connectivity index (χ0v) is 25.0. The average molecular weight is 591 g/mol. The highest BCUT2D eigenvalue weighted by Gasteiger charge is 2.23. The van der Waals surface area contributed by atoms with Crippen molar-refractivity contribution in [2.24, 2.45) is 22.3 Å². The number of aryl methyl sites for hydroxylation is 4. The molecule has 2 heterocycles. The molecule has 0 aliphatic carbocycles. The molecule has 0 fully saturated rings. The molecule has 13 heteroatoms. The highest BCUT2D eigenvalue weighted by Crippen LogP contribution is 2.37. The predicted octanol–water partition coefficient (Wildman–Crippen LogP) is 0.673. The summed E-state index contributed by atoms with van der Waals surface area (Å²) in [5.74, 6) is 4.86. The van der Waals surface area contributed by atoms with Gasteiger partial charge in [0.2, 0.25) is 0 Å². The Morgan fingerprint density at radius 3 is 2.35 bits per heavy atom. The number of aromatic nitrogens is 2. The quantitative estimate of drug-likeness (QED) is 0.129. The lowest BCUT2D eigenvalue weighted by Gasteiger charge is -2.25. The minimum Gasteiger partial charge on any atom is -0.493 e. The van der Waals surface area contributed by atoms with Gasteiger partial charge in [0, 0.05) is 31.3 Å². The number of primary amides is 1. The van der Waals surface area contributed by atoms with Crippen LogP contribution in [0.2, 0.25) is 0 Å². The Bertz CT molecular complexity index is 1730. The Kier molecular flexibility index (Phi) is 9.24. The summed E-state index contributed by atoms with van der Waals surface area (Å²) in [6.45, 7) is 8.88. The molecule has 0 saturated heterocycles. The predicted molar refractivity (Wildman–Crippen MR) is 162 cm³/mol. The number of ether oxygens (including phenoxy) is 2. The topological polar surface area (TPSA) is 194 Å². The number of nitrogens with two attached hydrogens (primary N) is 3. The van der Waals surface area contributed by atoms with Crippen LogP contribution < -0.4 is 48.7 Å². The first kappa shape index (κ1) is 30.9. The molecule has 13 nitrogen and oxygen atoms in total.